The highest BCUT2D eigenvalue weighted by Gasteiger charge is 2.29. The van der Waals surface area contributed by atoms with E-state index >= 15 is 0 Å². The molecule has 50 heavy (non-hydrogen) atoms. The third kappa shape index (κ3) is 8.18. The maximum absolute atomic E-state index is 9.68. The normalized spacial score (nSPS) is 18.6. The van der Waals surface area contributed by atoms with Gasteiger partial charge in [0, 0.05) is 55.9 Å². The Hall–Kier alpha value is -5.53. The van der Waals surface area contributed by atoms with Crippen LogP contribution in [0.25, 0.3) is 11.1 Å². The van der Waals surface area contributed by atoms with Crippen LogP contribution in [0, 0.1) is 11.3 Å². The van der Waals surface area contributed by atoms with E-state index in [-0.39, 0.29) is 12.1 Å². The van der Waals surface area contributed by atoms with Crippen molar-refractivity contribution in [3.05, 3.63) is 73.0 Å². The Morgan fingerprint density at radius 2 is 1.80 bits per heavy atom. The molecule has 4 aromatic heterocycles. The molecule has 16 nitrogen and oxygen atoms in total. The number of benzene rings is 1. The van der Waals surface area contributed by atoms with Gasteiger partial charge in [0.2, 0.25) is 5.95 Å². The summed E-state index contributed by atoms with van der Waals surface area (Å²) in [4.78, 5) is 20.4. The zero-order chi connectivity index (χ0) is 34.1. The van der Waals surface area contributed by atoms with Gasteiger partial charge in [0.1, 0.15) is 35.8 Å². The van der Waals surface area contributed by atoms with Gasteiger partial charge in [-0.15, -0.1) is 10.2 Å². The molecule has 16 heteroatoms. The van der Waals surface area contributed by atoms with E-state index in [9.17, 15) is 5.26 Å². The van der Waals surface area contributed by atoms with Gasteiger partial charge in [0.15, 0.2) is 0 Å². The van der Waals surface area contributed by atoms with Crippen molar-refractivity contribution in [1.82, 2.24) is 54.8 Å². The van der Waals surface area contributed by atoms with Crippen molar-refractivity contribution >= 4 is 11.6 Å². The fourth-order valence-electron chi connectivity index (χ4n) is 6.42. The summed E-state index contributed by atoms with van der Waals surface area (Å²) in [7, 11) is 0. The van der Waals surface area contributed by atoms with Crippen molar-refractivity contribution in [2.24, 2.45) is 0 Å². The van der Waals surface area contributed by atoms with Crippen molar-refractivity contribution in [2.45, 2.75) is 63.8 Å². The first-order valence-electron chi connectivity index (χ1n) is 16.9. The largest absolute Gasteiger partial charge is 0.487 e. The van der Waals surface area contributed by atoms with Gasteiger partial charge in [-0.1, -0.05) is 6.07 Å². The molecule has 1 atom stereocenters. The Bertz CT molecular complexity index is 1850. The number of nitrogens with zero attached hydrogens (tertiary/aromatic N) is 12. The molecule has 0 spiro atoms. The number of hydrogen-bond acceptors (Lipinski definition) is 14. The van der Waals surface area contributed by atoms with Crippen LogP contribution in [-0.4, -0.2) is 99.9 Å². The van der Waals surface area contributed by atoms with Crippen molar-refractivity contribution in [3.8, 4) is 28.8 Å². The van der Waals surface area contributed by atoms with Gasteiger partial charge in [0.25, 0.3) is 5.88 Å². The highest BCUT2D eigenvalue weighted by molar-refractivity contribution is 5.67. The molecule has 1 aliphatic carbocycles. The summed E-state index contributed by atoms with van der Waals surface area (Å²) in [6.07, 6.45) is 15.0. The van der Waals surface area contributed by atoms with E-state index in [0.29, 0.717) is 60.3 Å². The van der Waals surface area contributed by atoms with E-state index in [1.165, 1.54) is 6.33 Å². The molecule has 7 rings (SSSR count). The number of tetrazole rings is 1. The third-order valence-electron chi connectivity index (χ3n) is 8.98. The second-order valence-corrected chi connectivity index (χ2v) is 12.4. The maximum Gasteiger partial charge on any atom is 0.256 e. The number of nitrogens with one attached hydrogen (secondary N) is 1. The molecule has 0 bridgehead atoms. The summed E-state index contributed by atoms with van der Waals surface area (Å²) < 4.78 is 21.5. The Kier molecular flexibility index (Phi) is 10.4. The van der Waals surface area contributed by atoms with E-state index in [0.717, 1.165) is 63.1 Å². The predicted molar refractivity (Wildman–Crippen MR) is 181 cm³/mol. The lowest BCUT2D eigenvalue weighted by atomic mass is 9.90. The van der Waals surface area contributed by atoms with Gasteiger partial charge in [-0.25, -0.2) is 24.6 Å². The maximum atomic E-state index is 9.68. The predicted octanol–water partition coefficient (Wildman–Crippen LogP) is 3.64. The number of nitriles is 1. The summed E-state index contributed by atoms with van der Waals surface area (Å²) in [5.41, 5.74) is 2.69. The van der Waals surface area contributed by atoms with Crippen LogP contribution in [0.3, 0.4) is 0 Å². The number of anilines is 2. The molecule has 1 aliphatic heterocycles. The van der Waals surface area contributed by atoms with Gasteiger partial charge in [-0.2, -0.15) is 5.26 Å². The standard InChI is InChI=1S/C34H39N13O3/c1-24(21-46-23-40-43-44-46)50-31-17-25(3-4-26(31)18-35)27-19-38-34(39-20-27)41-30-22-47(42-33(30)49-14-9-32-36-10-2-11-37-32)29-7-5-28(6-8-29)45-12-15-48-16-13-45/h2-4,10-11,17,19-20,22-24,28-29H,5-9,12-16,21H2,1H3,(H,38,39,41)/t24-,28?,29?/m0/s1. The summed E-state index contributed by atoms with van der Waals surface area (Å²) in [6.45, 7) is 6.35. The molecule has 0 radical (unpaired) electrons. The van der Waals surface area contributed by atoms with E-state index in [2.05, 4.69) is 51.7 Å². The van der Waals surface area contributed by atoms with Crippen molar-refractivity contribution in [1.29, 1.82) is 5.26 Å². The lowest BCUT2D eigenvalue weighted by Crippen LogP contribution is -2.45. The zero-order valence-corrected chi connectivity index (χ0v) is 27.9. The highest BCUT2D eigenvalue weighted by atomic mass is 16.5. The van der Waals surface area contributed by atoms with Gasteiger partial charge in [-0.3, -0.25) is 9.58 Å². The van der Waals surface area contributed by atoms with Crippen molar-refractivity contribution in [2.75, 3.05) is 38.2 Å². The van der Waals surface area contributed by atoms with E-state index in [4.69, 9.17) is 19.3 Å². The molecular weight excluding hydrogens is 638 g/mol. The fourth-order valence-corrected chi connectivity index (χ4v) is 6.42. The molecule has 1 aromatic carbocycles. The monoisotopic (exact) mass is 677 g/mol. The molecule has 5 aromatic rings. The minimum Gasteiger partial charge on any atom is -0.487 e. The van der Waals surface area contributed by atoms with Crippen molar-refractivity contribution < 1.29 is 14.2 Å². The van der Waals surface area contributed by atoms with Gasteiger partial charge < -0.3 is 19.5 Å². The third-order valence-corrected chi connectivity index (χ3v) is 8.98. The molecule has 2 aliphatic rings. The molecular formula is C34H39N13O3. The first-order chi connectivity index (χ1) is 24.6. The average Bonchev–Trinajstić information content (AvgIpc) is 3.83. The molecule has 258 valence electrons. The topological polar surface area (TPSA) is 180 Å². The summed E-state index contributed by atoms with van der Waals surface area (Å²) in [5, 5.41) is 29.1. The van der Waals surface area contributed by atoms with Gasteiger partial charge >= 0.3 is 0 Å². The minimum atomic E-state index is -0.277. The van der Waals surface area contributed by atoms with Crippen LogP contribution in [0.15, 0.2) is 61.6 Å². The SMILES string of the molecule is C[C@@H](Cn1cnnn1)Oc1cc(-c2cnc(Nc3cn(C4CCC(N5CCOCC5)CC4)nc3OCCc3ncccn3)nc2)ccc1C#N. The number of ether oxygens (including phenoxy) is 3. The van der Waals surface area contributed by atoms with Crippen LogP contribution >= 0.6 is 0 Å². The second-order valence-electron chi connectivity index (χ2n) is 12.4. The van der Waals surface area contributed by atoms with E-state index in [1.807, 2.05) is 29.9 Å². The van der Waals surface area contributed by atoms with E-state index < -0.39 is 0 Å². The molecule has 5 heterocycles. The Morgan fingerprint density at radius 3 is 2.54 bits per heavy atom. The van der Waals surface area contributed by atoms with Crippen molar-refractivity contribution in [3.63, 3.8) is 0 Å². The van der Waals surface area contributed by atoms with Crippen LogP contribution in [0.5, 0.6) is 11.6 Å². The Labute approximate surface area is 289 Å². The quantitative estimate of drug-likeness (QED) is 0.191. The Balaban J connectivity index is 1.04. The smallest absolute Gasteiger partial charge is 0.256 e. The Morgan fingerprint density at radius 1 is 1.02 bits per heavy atom. The molecule has 0 amide bonds. The van der Waals surface area contributed by atoms with Gasteiger partial charge in [-0.05, 0) is 66.8 Å². The van der Waals surface area contributed by atoms with Gasteiger partial charge in [0.05, 0.1) is 44.2 Å². The first kappa shape index (κ1) is 33.0. The van der Waals surface area contributed by atoms with Crippen LogP contribution in [0.1, 0.15) is 50.0 Å². The summed E-state index contributed by atoms with van der Waals surface area (Å²) in [6, 6.07) is 10.3. The minimum absolute atomic E-state index is 0.273. The summed E-state index contributed by atoms with van der Waals surface area (Å²) >= 11 is 0. The highest BCUT2D eigenvalue weighted by Crippen LogP contribution is 2.35. The van der Waals surface area contributed by atoms with Crippen LogP contribution in [0.4, 0.5) is 11.6 Å². The summed E-state index contributed by atoms with van der Waals surface area (Å²) in [5.74, 6) is 2.05. The lowest BCUT2D eigenvalue weighted by Gasteiger charge is -2.38. The molecule has 2 fully saturated rings. The number of morpholine rings is 1. The van der Waals surface area contributed by atoms with E-state index in [1.54, 1.807) is 41.6 Å². The first-order valence-corrected chi connectivity index (χ1v) is 16.9. The number of aromatic nitrogens is 10. The molecule has 1 N–H and O–H groups in total. The lowest BCUT2D eigenvalue weighted by molar-refractivity contribution is 0.00503. The van der Waals surface area contributed by atoms with Crippen LogP contribution < -0.4 is 14.8 Å². The second kappa shape index (κ2) is 15.8. The number of hydrogen-bond donors (Lipinski definition) is 1. The average molecular weight is 678 g/mol. The molecule has 1 saturated heterocycles. The fraction of sp³-hybridized carbons (Fsp3) is 0.441. The van der Waals surface area contributed by atoms with Crippen LogP contribution in [0.2, 0.25) is 0 Å². The molecule has 0 unspecified atom stereocenters. The molecule has 1 saturated carbocycles. The number of rotatable bonds is 13. The zero-order valence-electron chi connectivity index (χ0n) is 27.9. The van der Waals surface area contributed by atoms with Crippen LogP contribution in [-0.2, 0) is 17.7 Å².